The molecule has 2 rings (SSSR count). The van der Waals surface area contributed by atoms with Gasteiger partial charge in [0.2, 0.25) is 0 Å². The molecule has 3 heteroatoms. The molecule has 0 unspecified atom stereocenters. The molecule has 1 aliphatic carbocycles. The highest BCUT2D eigenvalue weighted by Gasteiger charge is 2.50. The third kappa shape index (κ3) is 1.89. The van der Waals surface area contributed by atoms with Crippen molar-refractivity contribution in [2.45, 2.75) is 46.1 Å². The summed E-state index contributed by atoms with van der Waals surface area (Å²) in [4.78, 5) is 13.9. The van der Waals surface area contributed by atoms with Crippen molar-refractivity contribution < 1.29 is 10.5 Å². The lowest BCUT2D eigenvalue weighted by Crippen LogP contribution is -2.58. The van der Waals surface area contributed by atoms with Gasteiger partial charge >= 0.3 is 0 Å². The van der Waals surface area contributed by atoms with Crippen molar-refractivity contribution in [1.82, 2.24) is 4.90 Å². The van der Waals surface area contributed by atoms with Gasteiger partial charge in [0, 0.05) is 12.6 Å². The predicted molar refractivity (Wildman–Crippen MR) is 59.0 cm³/mol. The van der Waals surface area contributed by atoms with Gasteiger partial charge in [0.05, 0.1) is 0 Å². The number of fused-ring (bicyclic) bond motifs is 2. The van der Waals surface area contributed by atoms with E-state index in [1.807, 2.05) is 0 Å². The molecule has 2 fully saturated rings. The van der Waals surface area contributed by atoms with Crippen LogP contribution in [0, 0.1) is 10.8 Å². The van der Waals surface area contributed by atoms with Gasteiger partial charge in [-0.1, -0.05) is 20.8 Å². The summed E-state index contributed by atoms with van der Waals surface area (Å²) in [6, 6.07) is 0.480. The van der Waals surface area contributed by atoms with Gasteiger partial charge < -0.3 is 10.6 Å². The average molecular weight is 211 g/mol. The summed E-state index contributed by atoms with van der Waals surface area (Å²) >= 11 is 0. The Morgan fingerprint density at radius 3 is 2.67 bits per heavy atom. The van der Waals surface area contributed by atoms with Crippen molar-refractivity contribution in [3.8, 4) is 0 Å². The Balaban J connectivity index is 2.20. The second-order valence-electron chi connectivity index (χ2n) is 6.49. The SMILES string of the molecule is CC1(C)C[C@@H]2C[C@](C)(CN2C(=O)C[NH3+])C1. The molecule has 1 amide bonds. The summed E-state index contributed by atoms with van der Waals surface area (Å²) < 4.78 is 0. The van der Waals surface area contributed by atoms with Crippen molar-refractivity contribution in [2.75, 3.05) is 13.1 Å². The molecule has 0 spiro atoms. The van der Waals surface area contributed by atoms with Crippen LogP contribution in [0.2, 0.25) is 0 Å². The van der Waals surface area contributed by atoms with Crippen LogP contribution in [0.1, 0.15) is 40.0 Å². The number of nitrogens with zero attached hydrogens (tertiary/aromatic N) is 1. The van der Waals surface area contributed by atoms with Gasteiger partial charge in [0.1, 0.15) is 0 Å². The van der Waals surface area contributed by atoms with E-state index in [0.29, 0.717) is 23.4 Å². The predicted octanol–water partition coefficient (Wildman–Crippen LogP) is 0.656. The lowest BCUT2D eigenvalue weighted by molar-refractivity contribution is -0.357. The van der Waals surface area contributed by atoms with Crippen LogP contribution < -0.4 is 5.73 Å². The molecular formula is C12H23N2O+. The zero-order valence-electron chi connectivity index (χ0n) is 10.2. The molecule has 1 heterocycles. The third-order valence-electron chi connectivity index (χ3n) is 3.95. The highest BCUT2D eigenvalue weighted by Crippen LogP contribution is 2.52. The molecule has 0 aromatic rings. The number of hydrogen-bond acceptors (Lipinski definition) is 1. The first-order valence-corrected chi connectivity index (χ1v) is 5.94. The molecule has 2 atom stereocenters. The van der Waals surface area contributed by atoms with Gasteiger partial charge in [0.15, 0.2) is 6.54 Å². The molecule has 86 valence electrons. The Morgan fingerprint density at radius 2 is 2.07 bits per heavy atom. The maximum Gasteiger partial charge on any atom is 0.277 e. The van der Waals surface area contributed by atoms with Gasteiger partial charge in [-0.2, -0.15) is 0 Å². The third-order valence-corrected chi connectivity index (χ3v) is 3.95. The van der Waals surface area contributed by atoms with Gasteiger partial charge in [-0.05, 0) is 30.1 Å². The Morgan fingerprint density at radius 1 is 1.40 bits per heavy atom. The fourth-order valence-electron chi connectivity index (χ4n) is 3.90. The minimum atomic E-state index is 0.237. The van der Waals surface area contributed by atoms with Gasteiger partial charge in [0.25, 0.3) is 5.91 Å². The van der Waals surface area contributed by atoms with E-state index in [-0.39, 0.29) is 5.91 Å². The van der Waals surface area contributed by atoms with Gasteiger partial charge in [-0.25, -0.2) is 0 Å². The number of rotatable bonds is 1. The van der Waals surface area contributed by atoms with Crippen molar-refractivity contribution in [3.05, 3.63) is 0 Å². The van der Waals surface area contributed by atoms with E-state index < -0.39 is 0 Å². The summed E-state index contributed by atoms with van der Waals surface area (Å²) in [5.74, 6) is 0.237. The second-order valence-corrected chi connectivity index (χ2v) is 6.49. The molecule has 3 N–H and O–H groups in total. The van der Waals surface area contributed by atoms with Crippen molar-refractivity contribution in [2.24, 2.45) is 10.8 Å². The highest BCUT2D eigenvalue weighted by atomic mass is 16.2. The minimum absolute atomic E-state index is 0.237. The van der Waals surface area contributed by atoms with Crippen molar-refractivity contribution in [1.29, 1.82) is 0 Å². The Labute approximate surface area is 92.0 Å². The minimum Gasteiger partial charge on any atom is -0.350 e. The van der Waals surface area contributed by atoms with Gasteiger partial charge in [-0.3, -0.25) is 4.79 Å². The lowest BCUT2D eigenvalue weighted by atomic mass is 9.65. The standard InChI is InChI=1S/C12H22N2O/c1-11(2)4-9-5-12(3,7-11)8-14(9)10(15)6-13/h9H,4-8,13H2,1-3H3/p+1/t9-,12+/m1/s1. The number of likely N-dealkylation sites (tertiary alicyclic amines) is 1. The fourth-order valence-corrected chi connectivity index (χ4v) is 3.90. The number of carbonyl (C=O) groups is 1. The Hall–Kier alpha value is -0.570. The molecule has 0 aromatic heterocycles. The molecule has 1 aliphatic heterocycles. The summed E-state index contributed by atoms with van der Waals surface area (Å²) in [6.07, 6.45) is 3.61. The molecule has 3 nitrogen and oxygen atoms in total. The Kier molecular flexibility index (Phi) is 2.34. The van der Waals surface area contributed by atoms with Crippen LogP contribution in [0.5, 0.6) is 0 Å². The quantitative estimate of drug-likeness (QED) is 0.680. The largest absolute Gasteiger partial charge is 0.350 e. The molecule has 15 heavy (non-hydrogen) atoms. The van der Waals surface area contributed by atoms with Crippen LogP contribution in [0.15, 0.2) is 0 Å². The number of amides is 1. The van der Waals surface area contributed by atoms with E-state index in [1.165, 1.54) is 12.8 Å². The highest BCUT2D eigenvalue weighted by molar-refractivity contribution is 5.77. The fraction of sp³-hybridized carbons (Fsp3) is 0.917. The smallest absolute Gasteiger partial charge is 0.277 e. The van der Waals surface area contributed by atoms with Crippen LogP contribution in [0.3, 0.4) is 0 Å². The monoisotopic (exact) mass is 211 g/mol. The van der Waals surface area contributed by atoms with Crippen LogP contribution in [0.4, 0.5) is 0 Å². The molecule has 1 saturated carbocycles. The summed E-state index contributed by atoms with van der Waals surface area (Å²) in [7, 11) is 0. The molecule has 2 aliphatic rings. The topological polar surface area (TPSA) is 48.0 Å². The van der Waals surface area contributed by atoms with Gasteiger partial charge in [-0.15, -0.1) is 0 Å². The maximum atomic E-state index is 11.8. The van der Waals surface area contributed by atoms with Crippen LogP contribution >= 0.6 is 0 Å². The lowest BCUT2D eigenvalue weighted by Gasteiger charge is -2.39. The maximum absolute atomic E-state index is 11.8. The summed E-state index contributed by atoms with van der Waals surface area (Å²) in [6.45, 7) is 8.35. The molecule has 0 aromatic carbocycles. The summed E-state index contributed by atoms with van der Waals surface area (Å²) in [5.41, 5.74) is 4.47. The van der Waals surface area contributed by atoms with E-state index in [9.17, 15) is 4.79 Å². The first kappa shape index (κ1) is 10.9. The first-order valence-electron chi connectivity index (χ1n) is 5.94. The van der Waals surface area contributed by atoms with E-state index in [2.05, 4.69) is 31.4 Å². The zero-order chi connectivity index (χ0) is 11.3. The first-order chi connectivity index (χ1) is 6.85. The van der Waals surface area contributed by atoms with Crippen LogP contribution in [-0.4, -0.2) is 29.9 Å². The molecule has 1 saturated heterocycles. The molecule has 2 bridgehead atoms. The van der Waals surface area contributed by atoms with E-state index in [1.54, 1.807) is 0 Å². The van der Waals surface area contributed by atoms with E-state index >= 15 is 0 Å². The van der Waals surface area contributed by atoms with Crippen molar-refractivity contribution >= 4 is 5.91 Å². The zero-order valence-corrected chi connectivity index (χ0v) is 10.2. The number of quaternary nitrogens is 1. The van der Waals surface area contributed by atoms with Crippen LogP contribution in [0.25, 0.3) is 0 Å². The number of hydrogen-bond donors (Lipinski definition) is 1. The second kappa shape index (κ2) is 3.21. The Bertz CT molecular complexity index is 287. The van der Waals surface area contributed by atoms with Crippen LogP contribution in [-0.2, 0) is 4.79 Å². The molecular weight excluding hydrogens is 188 g/mol. The average Bonchev–Trinajstić information content (AvgIpc) is 2.33. The normalized spacial score (nSPS) is 38.1. The number of carbonyl (C=O) groups excluding carboxylic acids is 1. The van der Waals surface area contributed by atoms with Crippen molar-refractivity contribution in [3.63, 3.8) is 0 Å². The summed E-state index contributed by atoms with van der Waals surface area (Å²) in [5, 5.41) is 0. The molecule has 0 radical (unpaired) electrons. The van der Waals surface area contributed by atoms with E-state index in [4.69, 9.17) is 0 Å². The van der Waals surface area contributed by atoms with E-state index in [0.717, 1.165) is 13.0 Å².